The van der Waals surface area contributed by atoms with Crippen LogP contribution in [-0.2, 0) is 0 Å². The Bertz CT molecular complexity index is 940. The molecule has 1 amide bonds. The molecule has 0 N–H and O–H groups in total. The molecule has 4 rings (SSSR count). The predicted octanol–water partition coefficient (Wildman–Crippen LogP) is 3.86. The third-order valence-electron chi connectivity index (χ3n) is 4.90. The van der Waals surface area contributed by atoms with Gasteiger partial charge in [0.25, 0.3) is 5.91 Å². The first-order valence-corrected chi connectivity index (χ1v) is 9.98. The van der Waals surface area contributed by atoms with Gasteiger partial charge in [-0.05, 0) is 43.7 Å². The standard InChI is InChI=1S/C21H22N4OS/c1-15-4-3-5-18(12-15)25-11-10-24(13-16(25)2)21(26)19-14-27-20(23-19)17-6-8-22-9-7-17/h3-9,12,14,16H,10-11,13H2,1-2H3. The topological polar surface area (TPSA) is 49.3 Å². The average molecular weight is 379 g/mol. The molecular weight excluding hydrogens is 356 g/mol. The van der Waals surface area contributed by atoms with Crippen molar-refractivity contribution in [3.05, 3.63) is 65.4 Å². The number of amides is 1. The molecule has 0 radical (unpaired) electrons. The van der Waals surface area contributed by atoms with Crippen LogP contribution in [0.15, 0.2) is 54.2 Å². The lowest BCUT2D eigenvalue weighted by atomic mass is 10.1. The van der Waals surface area contributed by atoms with Crippen LogP contribution < -0.4 is 4.90 Å². The highest BCUT2D eigenvalue weighted by atomic mass is 32.1. The Morgan fingerprint density at radius 2 is 2.00 bits per heavy atom. The molecule has 0 aliphatic carbocycles. The third-order valence-corrected chi connectivity index (χ3v) is 5.79. The Balaban J connectivity index is 1.46. The second kappa shape index (κ2) is 7.48. The van der Waals surface area contributed by atoms with Gasteiger partial charge < -0.3 is 9.80 Å². The number of anilines is 1. The van der Waals surface area contributed by atoms with Crippen LogP contribution in [0.2, 0.25) is 0 Å². The summed E-state index contributed by atoms with van der Waals surface area (Å²) < 4.78 is 0. The molecule has 2 aromatic heterocycles. The summed E-state index contributed by atoms with van der Waals surface area (Å²) in [6.45, 7) is 6.52. The highest BCUT2D eigenvalue weighted by Crippen LogP contribution is 2.25. The number of carbonyl (C=O) groups excluding carboxylic acids is 1. The molecule has 6 heteroatoms. The van der Waals surface area contributed by atoms with Crippen LogP contribution in [0.5, 0.6) is 0 Å². The van der Waals surface area contributed by atoms with Crippen LogP contribution in [0, 0.1) is 6.92 Å². The van der Waals surface area contributed by atoms with Gasteiger partial charge in [-0.3, -0.25) is 9.78 Å². The summed E-state index contributed by atoms with van der Waals surface area (Å²) in [4.78, 5) is 25.8. The van der Waals surface area contributed by atoms with Crippen LogP contribution in [0.4, 0.5) is 5.69 Å². The van der Waals surface area contributed by atoms with Crippen molar-refractivity contribution < 1.29 is 4.79 Å². The summed E-state index contributed by atoms with van der Waals surface area (Å²) in [6, 6.07) is 12.6. The van der Waals surface area contributed by atoms with Crippen molar-refractivity contribution in [2.75, 3.05) is 24.5 Å². The number of nitrogens with zero attached hydrogens (tertiary/aromatic N) is 4. The van der Waals surface area contributed by atoms with E-state index in [2.05, 4.69) is 53.0 Å². The fraction of sp³-hybridized carbons (Fsp3) is 0.286. The first-order chi connectivity index (χ1) is 13.1. The van der Waals surface area contributed by atoms with Crippen molar-refractivity contribution in [3.8, 4) is 10.6 Å². The number of aryl methyl sites for hydroxylation is 1. The Kier molecular flexibility index (Phi) is 4.90. The molecule has 3 heterocycles. The zero-order chi connectivity index (χ0) is 18.8. The van der Waals surface area contributed by atoms with E-state index in [1.165, 1.54) is 22.6 Å². The summed E-state index contributed by atoms with van der Waals surface area (Å²) >= 11 is 1.50. The number of pyridine rings is 1. The van der Waals surface area contributed by atoms with Gasteiger partial charge in [0, 0.05) is 54.7 Å². The number of carbonyl (C=O) groups is 1. The van der Waals surface area contributed by atoms with Gasteiger partial charge in [0.15, 0.2) is 0 Å². The molecule has 138 valence electrons. The molecule has 1 aromatic carbocycles. The molecule has 3 aromatic rings. The zero-order valence-corrected chi connectivity index (χ0v) is 16.3. The second-order valence-corrected chi connectivity index (χ2v) is 7.76. The number of thiazole rings is 1. The SMILES string of the molecule is Cc1cccc(N2CCN(C(=O)c3csc(-c4ccncc4)n3)CC2C)c1. The highest BCUT2D eigenvalue weighted by molar-refractivity contribution is 7.13. The average Bonchev–Trinajstić information content (AvgIpc) is 3.18. The number of benzene rings is 1. The van der Waals surface area contributed by atoms with Gasteiger partial charge in [-0.25, -0.2) is 4.98 Å². The second-order valence-electron chi connectivity index (χ2n) is 6.91. The van der Waals surface area contributed by atoms with Crippen LogP contribution in [0.3, 0.4) is 0 Å². The van der Waals surface area contributed by atoms with E-state index >= 15 is 0 Å². The van der Waals surface area contributed by atoms with Gasteiger partial charge >= 0.3 is 0 Å². The minimum atomic E-state index is 0.0160. The van der Waals surface area contributed by atoms with Crippen molar-refractivity contribution in [2.45, 2.75) is 19.9 Å². The summed E-state index contributed by atoms with van der Waals surface area (Å²) in [5, 5.41) is 2.71. The number of aromatic nitrogens is 2. The maximum atomic E-state index is 12.9. The van der Waals surface area contributed by atoms with E-state index in [1.54, 1.807) is 12.4 Å². The lowest BCUT2D eigenvalue weighted by Crippen LogP contribution is -2.53. The molecule has 0 saturated carbocycles. The molecular formula is C21H22N4OS. The van der Waals surface area contributed by atoms with E-state index in [-0.39, 0.29) is 11.9 Å². The fourth-order valence-corrected chi connectivity index (χ4v) is 4.29. The fourth-order valence-electron chi connectivity index (χ4n) is 3.49. The van der Waals surface area contributed by atoms with Gasteiger partial charge in [0.2, 0.25) is 0 Å². The van der Waals surface area contributed by atoms with Gasteiger partial charge in [-0.15, -0.1) is 11.3 Å². The van der Waals surface area contributed by atoms with Crippen molar-refractivity contribution in [2.24, 2.45) is 0 Å². The monoisotopic (exact) mass is 378 g/mol. The Morgan fingerprint density at radius 3 is 2.74 bits per heavy atom. The molecule has 0 bridgehead atoms. The first kappa shape index (κ1) is 17.7. The zero-order valence-electron chi connectivity index (χ0n) is 15.5. The third kappa shape index (κ3) is 3.71. The first-order valence-electron chi connectivity index (χ1n) is 9.10. The van der Waals surface area contributed by atoms with Crippen LogP contribution >= 0.6 is 11.3 Å². The highest BCUT2D eigenvalue weighted by Gasteiger charge is 2.28. The normalized spacial score (nSPS) is 17.2. The predicted molar refractivity (Wildman–Crippen MR) is 109 cm³/mol. The van der Waals surface area contributed by atoms with E-state index in [4.69, 9.17) is 0 Å². The Morgan fingerprint density at radius 1 is 1.19 bits per heavy atom. The smallest absolute Gasteiger partial charge is 0.273 e. The molecule has 1 unspecified atom stereocenters. The van der Waals surface area contributed by atoms with Crippen LogP contribution in [0.25, 0.3) is 10.6 Å². The summed E-state index contributed by atoms with van der Waals surface area (Å²) in [6.07, 6.45) is 3.48. The largest absolute Gasteiger partial charge is 0.365 e. The molecule has 1 aliphatic heterocycles. The van der Waals surface area contributed by atoms with Crippen LogP contribution in [-0.4, -0.2) is 46.5 Å². The minimum absolute atomic E-state index is 0.0160. The molecule has 1 fully saturated rings. The van der Waals surface area contributed by atoms with E-state index in [0.29, 0.717) is 18.8 Å². The number of piperazine rings is 1. The van der Waals surface area contributed by atoms with E-state index in [1.807, 2.05) is 22.4 Å². The van der Waals surface area contributed by atoms with Crippen molar-refractivity contribution in [3.63, 3.8) is 0 Å². The van der Waals surface area contributed by atoms with Gasteiger partial charge in [0.1, 0.15) is 10.7 Å². The molecule has 5 nitrogen and oxygen atoms in total. The lowest BCUT2D eigenvalue weighted by molar-refractivity contribution is 0.0721. The van der Waals surface area contributed by atoms with Crippen molar-refractivity contribution in [1.29, 1.82) is 0 Å². The Labute approximate surface area is 163 Å². The molecule has 1 aliphatic rings. The summed E-state index contributed by atoms with van der Waals surface area (Å²) in [7, 11) is 0. The minimum Gasteiger partial charge on any atom is -0.365 e. The quantitative estimate of drug-likeness (QED) is 0.694. The summed E-state index contributed by atoms with van der Waals surface area (Å²) in [5.74, 6) is 0.0160. The van der Waals surface area contributed by atoms with Crippen molar-refractivity contribution >= 4 is 22.9 Å². The van der Waals surface area contributed by atoms with E-state index < -0.39 is 0 Å². The molecule has 1 saturated heterocycles. The van der Waals surface area contributed by atoms with Crippen LogP contribution in [0.1, 0.15) is 23.0 Å². The molecule has 0 spiro atoms. The van der Waals surface area contributed by atoms with Gasteiger partial charge in [-0.1, -0.05) is 12.1 Å². The maximum Gasteiger partial charge on any atom is 0.273 e. The molecule has 27 heavy (non-hydrogen) atoms. The maximum absolute atomic E-state index is 12.9. The Hall–Kier alpha value is -2.73. The number of hydrogen-bond acceptors (Lipinski definition) is 5. The number of hydrogen-bond donors (Lipinski definition) is 0. The summed E-state index contributed by atoms with van der Waals surface area (Å²) in [5.41, 5.74) is 4.00. The van der Waals surface area contributed by atoms with Crippen molar-refractivity contribution in [1.82, 2.24) is 14.9 Å². The molecule has 1 atom stereocenters. The van der Waals surface area contributed by atoms with E-state index in [0.717, 1.165) is 17.1 Å². The van der Waals surface area contributed by atoms with Gasteiger partial charge in [0.05, 0.1) is 0 Å². The number of rotatable bonds is 3. The van der Waals surface area contributed by atoms with Gasteiger partial charge in [-0.2, -0.15) is 0 Å². The lowest BCUT2D eigenvalue weighted by Gasteiger charge is -2.41. The van der Waals surface area contributed by atoms with E-state index in [9.17, 15) is 4.79 Å².